The van der Waals surface area contributed by atoms with Crippen LogP contribution >= 0.6 is 11.3 Å². The van der Waals surface area contributed by atoms with Gasteiger partial charge in [-0.2, -0.15) is 0 Å². The summed E-state index contributed by atoms with van der Waals surface area (Å²) in [6.45, 7) is 5.72. The highest BCUT2D eigenvalue weighted by molar-refractivity contribution is 7.17. The van der Waals surface area contributed by atoms with Gasteiger partial charge in [-0.15, -0.1) is 11.3 Å². The van der Waals surface area contributed by atoms with Crippen molar-refractivity contribution in [3.8, 4) is 0 Å². The fourth-order valence-corrected chi connectivity index (χ4v) is 2.50. The van der Waals surface area contributed by atoms with Gasteiger partial charge >= 0.3 is 5.97 Å². The lowest BCUT2D eigenvalue weighted by molar-refractivity contribution is 0.0682. The first-order valence-electron chi connectivity index (χ1n) is 4.20. The number of carboxylic acid groups (broad SMARTS) is 1. The van der Waals surface area contributed by atoms with Crippen LogP contribution in [-0.4, -0.2) is 20.5 Å². The van der Waals surface area contributed by atoms with Crippen LogP contribution in [0.5, 0.6) is 0 Å². The largest absolute Gasteiger partial charge is 0.475 e. The quantitative estimate of drug-likeness (QED) is 0.783. The number of imidazole rings is 1. The third-order valence-corrected chi connectivity index (χ3v) is 3.56. The number of aromatic nitrogens is 2. The number of aromatic carboxylic acids is 1. The van der Waals surface area contributed by atoms with Gasteiger partial charge in [0.05, 0.1) is 5.69 Å². The summed E-state index contributed by atoms with van der Waals surface area (Å²) in [5.41, 5.74) is 1.74. The maximum atomic E-state index is 10.9. The molecule has 2 aromatic rings. The zero-order valence-corrected chi connectivity index (χ0v) is 8.97. The van der Waals surface area contributed by atoms with Crippen molar-refractivity contribution in [1.82, 2.24) is 9.38 Å². The molecule has 0 aromatic carbocycles. The van der Waals surface area contributed by atoms with Gasteiger partial charge in [0.25, 0.3) is 0 Å². The molecule has 0 spiro atoms. The Morgan fingerprint density at radius 3 is 2.64 bits per heavy atom. The molecule has 0 saturated heterocycles. The van der Waals surface area contributed by atoms with Crippen LogP contribution < -0.4 is 0 Å². The molecule has 0 unspecified atom stereocenters. The van der Waals surface area contributed by atoms with Crippen molar-refractivity contribution in [2.75, 3.05) is 0 Å². The topological polar surface area (TPSA) is 54.6 Å². The zero-order chi connectivity index (χ0) is 10.5. The number of carbonyl (C=O) groups is 1. The smallest absolute Gasteiger partial charge is 0.372 e. The van der Waals surface area contributed by atoms with E-state index in [-0.39, 0.29) is 5.82 Å². The Kier molecular flexibility index (Phi) is 1.85. The number of aryl methyl sites for hydroxylation is 3. The van der Waals surface area contributed by atoms with Crippen molar-refractivity contribution in [1.29, 1.82) is 0 Å². The van der Waals surface area contributed by atoms with Gasteiger partial charge in [-0.25, -0.2) is 9.78 Å². The summed E-state index contributed by atoms with van der Waals surface area (Å²) in [5.74, 6) is -0.867. The molecule has 0 radical (unpaired) electrons. The van der Waals surface area contributed by atoms with E-state index in [1.165, 1.54) is 0 Å². The van der Waals surface area contributed by atoms with Crippen LogP contribution in [0.1, 0.15) is 26.9 Å². The number of hydrogen-bond donors (Lipinski definition) is 1. The molecule has 5 heteroatoms. The molecule has 0 bridgehead atoms. The number of carboxylic acids is 1. The van der Waals surface area contributed by atoms with Crippen molar-refractivity contribution in [3.05, 3.63) is 22.1 Å². The van der Waals surface area contributed by atoms with Gasteiger partial charge in [0.2, 0.25) is 5.82 Å². The molecule has 0 atom stereocenters. The van der Waals surface area contributed by atoms with Crippen molar-refractivity contribution in [2.45, 2.75) is 20.8 Å². The van der Waals surface area contributed by atoms with Crippen LogP contribution in [0, 0.1) is 20.8 Å². The molecule has 4 nitrogen and oxygen atoms in total. The Balaban J connectivity index is 2.92. The maximum Gasteiger partial charge on any atom is 0.372 e. The highest BCUT2D eigenvalue weighted by Crippen LogP contribution is 2.26. The summed E-state index contributed by atoms with van der Waals surface area (Å²) < 4.78 is 1.71. The first-order valence-corrected chi connectivity index (χ1v) is 5.02. The van der Waals surface area contributed by atoms with Crippen LogP contribution in [0.4, 0.5) is 0 Å². The summed E-state index contributed by atoms with van der Waals surface area (Å²) in [6.07, 6.45) is 0. The Morgan fingerprint density at radius 1 is 1.43 bits per heavy atom. The van der Waals surface area contributed by atoms with E-state index in [0.29, 0.717) is 0 Å². The van der Waals surface area contributed by atoms with E-state index >= 15 is 0 Å². The van der Waals surface area contributed by atoms with Crippen LogP contribution in [0.2, 0.25) is 0 Å². The predicted molar refractivity (Wildman–Crippen MR) is 54.2 cm³/mol. The van der Waals surface area contributed by atoms with Crippen molar-refractivity contribution < 1.29 is 9.90 Å². The van der Waals surface area contributed by atoms with Gasteiger partial charge in [0.1, 0.15) is 4.83 Å². The molecular weight excluding hydrogens is 200 g/mol. The van der Waals surface area contributed by atoms with Crippen LogP contribution in [0.25, 0.3) is 4.83 Å². The van der Waals surface area contributed by atoms with Gasteiger partial charge in [0, 0.05) is 10.6 Å². The highest BCUT2D eigenvalue weighted by Gasteiger charge is 2.18. The summed E-state index contributed by atoms with van der Waals surface area (Å²) in [7, 11) is 0. The SMILES string of the molecule is Cc1sc2c(C)nc(C(=O)O)n2c1C. The van der Waals surface area contributed by atoms with Crippen LogP contribution in [0.15, 0.2) is 0 Å². The number of thiazole rings is 1. The molecular formula is C9H10N2O2S. The van der Waals surface area contributed by atoms with E-state index in [0.717, 1.165) is 21.1 Å². The molecule has 14 heavy (non-hydrogen) atoms. The normalized spacial score (nSPS) is 11.1. The first-order chi connectivity index (χ1) is 6.52. The summed E-state index contributed by atoms with van der Waals surface area (Å²) in [5, 5.41) is 8.95. The van der Waals surface area contributed by atoms with E-state index in [9.17, 15) is 4.79 Å². The fourth-order valence-electron chi connectivity index (χ4n) is 1.47. The number of fused-ring (bicyclic) bond motifs is 1. The molecule has 0 fully saturated rings. The van der Waals surface area contributed by atoms with Crippen molar-refractivity contribution >= 4 is 22.1 Å². The Labute approximate surface area is 84.8 Å². The molecule has 0 amide bonds. The third kappa shape index (κ3) is 1.05. The number of hydrogen-bond acceptors (Lipinski definition) is 3. The molecule has 2 rings (SSSR count). The van der Waals surface area contributed by atoms with Gasteiger partial charge in [0.15, 0.2) is 0 Å². The average Bonchev–Trinajstić information content (AvgIpc) is 2.56. The standard InChI is InChI=1S/C9H10N2O2S/c1-4-8-11(5(2)6(3)14-8)7(10-4)9(12)13/h1-3H3,(H,12,13). The van der Waals surface area contributed by atoms with Crippen molar-refractivity contribution in [2.24, 2.45) is 0 Å². The zero-order valence-electron chi connectivity index (χ0n) is 8.16. The molecule has 2 aromatic heterocycles. The van der Waals surface area contributed by atoms with Gasteiger partial charge in [-0.05, 0) is 20.8 Å². The van der Waals surface area contributed by atoms with Gasteiger partial charge in [-0.3, -0.25) is 4.40 Å². The molecule has 0 saturated carbocycles. The van der Waals surface area contributed by atoms with Gasteiger partial charge in [-0.1, -0.05) is 0 Å². The maximum absolute atomic E-state index is 10.9. The Morgan fingerprint density at radius 2 is 2.07 bits per heavy atom. The minimum absolute atomic E-state index is 0.111. The second-order valence-corrected chi connectivity index (χ2v) is 4.41. The first kappa shape index (κ1) is 9.21. The second kappa shape index (κ2) is 2.81. The summed E-state index contributed by atoms with van der Waals surface area (Å²) in [6, 6.07) is 0. The lowest BCUT2D eigenvalue weighted by Crippen LogP contribution is -2.04. The molecule has 74 valence electrons. The van der Waals surface area contributed by atoms with E-state index in [2.05, 4.69) is 4.98 Å². The fraction of sp³-hybridized carbons (Fsp3) is 0.333. The Bertz CT molecular complexity index is 524. The summed E-state index contributed by atoms with van der Waals surface area (Å²) >= 11 is 1.58. The second-order valence-electron chi connectivity index (χ2n) is 3.21. The summed E-state index contributed by atoms with van der Waals surface area (Å²) in [4.78, 5) is 17.0. The molecule has 0 aliphatic carbocycles. The molecule has 1 N–H and O–H groups in total. The minimum atomic E-state index is -0.978. The lowest BCUT2D eigenvalue weighted by Gasteiger charge is -1.94. The van der Waals surface area contributed by atoms with E-state index in [1.807, 2.05) is 20.8 Å². The lowest BCUT2D eigenvalue weighted by atomic mass is 10.4. The van der Waals surface area contributed by atoms with Crippen LogP contribution in [-0.2, 0) is 0 Å². The average molecular weight is 210 g/mol. The highest BCUT2D eigenvalue weighted by atomic mass is 32.1. The van der Waals surface area contributed by atoms with Crippen LogP contribution in [0.3, 0.4) is 0 Å². The third-order valence-electron chi connectivity index (χ3n) is 2.28. The van der Waals surface area contributed by atoms with E-state index in [1.54, 1.807) is 15.7 Å². The van der Waals surface area contributed by atoms with Gasteiger partial charge < -0.3 is 5.11 Å². The minimum Gasteiger partial charge on any atom is -0.475 e. The number of nitrogens with zero attached hydrogens (tertiary/aromatic N) is 2. The van der Waals surface area contributed by atoms with E-state index in [4.69, 9.17) is 5.11 Å². The predicted octanol–water partition coefficient (Wildman–Crippen LogP) is 2.02. The molecule has 0 aliphatic rings. The van der Waals surface area contributed by atoms with Crippen molar-refractivity contribution in [3.63, 3.8) is 0 Å². The Hall–Kier alpha value is -1.36. The monoisotopic (exact) mass is 210 g/mol. The molecule has 2 heterocycles. The number of rotatable bonds is 1. The molecule has 0 aliphatic heterocycles. The van der Waals surface area contributed by atoms with E-state index < -0.39 is 5.97 Å².